The molecule has 1 saturated heterocycles. The van der Waals surface area contributed by atoms with Gasteiger partial charge in [-0.1, -0.05) is 30.3 Å². The van der Waals surface area contributed by atoms with Crippen molar-refractivity contribution in [3.8, 4) is 0 Å². The minimum absolute atomic E-state index is 0. The first kappa shape index (κ1) is 23.0. The van der Waals surface area contributed by atoms with Crippen molar-refractivity contribution in [2.45, 2.75) is 39.4 Å². The lowest BCUT2D eigenvalue weighted by Crippen LogP contribution is -2.37. The van der Waals surface area contributed by atoms with Crippen LogP contribution in [0.25, 0.3) is 5.65 Å². The highest BCUT2D eigenvalue weighted by molar-refractivity contribution is 14.0. The number of likely N-dealkylation sites (tertiary alicyclic amines) is 1. The van der Waals surface area contributed by atoms with E-state index in [0.717, 1.165) is 48.1 Å². The molecular weight excluding hydrogens is 505 g/mol. The first-order valence-corrected chi connectivity index (χ1v) is 10.4. The highest BCUT2D eigenvalue weighted by Crippen LogP contribution is 2.15. The van der Waals surface area contributed by atoms with E-state index >= 15 is 0 Å². The number of nitrogens with one attached hydrogen (secondary N) is 2. The van der Waals surface area contributed by atoms with E-state index in [9.17, 15) is 4.79 Å². The SMILES string of the molecule is CCNC(=NCc1cccc(CN2CCCC2=O)c1)NCc1nnc2ccccn12.I. The van der Waals surface area contributed by atoms with Gasteiger partial charge in [-0.3, -0.25) is 9.20 Å². The van der Waals surface area contributed by atoms with Crippen molar-refractivity contribution in [2.75, 3.05) is 13.1 Å². The molecule has 0 saturated carbocycles. The maximum absolute atomic E-state index is 11.9. The van der Waals surface area contributed by atoms with Gasteiger partial charge in [0, 0.05) is 32.3 Å². The number of aliphatic imine (C=N–C) groups is 1. The first-order chi connectivity index (χ1) is 14.7. The van der Waals surface area contributed by atoms with Crippen LogP contribution in [0.1, 0.15) is 36.7 Å². The lowest BCUT2D eigenvalue weighted by molar-refractivity contribution is -0.128. The van der Waals surface area contributed by atoms with Gasteiger partial charge in [-0.05, 0) is 36.6 Å². The molecule has 0 spiro atoms. The average molecular weight is 533 g/mol. The molecule has 0 radical (unpaired) electrons. The van der Waals surface area contributed by atoms with Gasteiger partial charge in [0.25, 0.3) is 0 Å². The molecule has 0 atom stereocenters. The van der Waals surface area contributed by atoms with Crippen LogP contribution in [0.2, 0.25) is 0 Å². The Balaban J connectivity index is 0.00000272. The molecule has 1 aromatic carbocycles. The molecule has 9 heteroatoms. The maximum atomic E-state index is 11.9. The largest absolute Gasteiger partial charge is 0.357 e. The van der Waals surface area contributed by atoms with Crippen LogP contribution in [-0.2, 0) is 24.4 Å². The summed E-state index contributed by atoms with van der Waals surface area (Å²) in [5.74, 6) is 1.80. The van der Waals surface area contributed by atoms with Crippen LogP contribution < -0.4 is 10.6 Å². The molecule has 8 nitrogen and oxygen atoms in total. The number of guanidine groups is 1. The molecule has 3 heterocycles. The Hall–Kier alpha value is -2.69. The van der Waals surface area contributed by atoms with Crippen molar-refractivity contribution >= 4 is 41.5 Å². The molecule has 1 amide bonds. The molecule has 0 unspecified atom stereocenters. The summed E-state index contributed by atoms with van der Waals surface area (Å²) < 4.78 is 1.96. The van der Waals surface area contributed by atoms with Gasteiger partial charge in [0.1, 0.15) is 0 Å². The van der Waals surface area contributed by atoms with Gasteiger partial charge in [-0.15, -0.1) is 34.2 Å². The fourth-order valence-electron chi connectivity index (χ4n) is 3.60. The number of rotatable bonds is 7. The van der Waals surface area contributed by atoms with E-state index in [1.807, 2.05) is 46.7 Å². The molecule has 31 heavy (non-hydrogen) atoms. The van der Waals surface area contributed by atoms with Gasteiger partial charge in [-0.2, -0.15) is 0 Å². The molecule has 1 aliphatic heterocycles. The summed E-state index contributed by atoms with van der Waals surface area (Å²) in [5.41, 5.74) is 3.08. The van der Waals surface area contributed by atoms with Crippen LogP contribution in [-0.4, -0.2) is 44.5 Å². The lowest BCUT2D eigenvalue weighted by Gasteiger charge is -2.16. The number of pyridine rings is 1. The Kier molecular flexibility index (Phi) is 8.21. The van der Waals surface area contributed by atoms with Crippen LogP contribution in [0.15, 0.2) is 53.7 Å². The fourth-order valence-corrected chi connectivity index (χ4v) is 3.60. The Morgan fingerprint density at radius 1 is 1.13 bits per heavy atom. The minimum Gasteiger partial charge on any atom is -0.357 e. The number of aromatic nitrogens is 3. The Morgan fingerprint density at radius 3 is 2.81 bits per heavy atom. The minimum atomic E-state index is 0. The fraction of sp³-hybridized carbons (Fsp3) is 0.364. The van der Waals surface area contributed by atoms with Crippen molar-refractivity contribution < 1.29 is 4.79 Å². The molecule has 1 aliphatic rings. The zero-order chi connectivity index (χ0) is 20.8. The first-order valence-electron chi connectivity index (χ1n) is 10.4. The van der Waals surface area contributed by atoms with Crippen LogP contribution in [0.5, 0.6) is 0 Å². The molecular formula is C22H28IN7O. The summed E-state index contributed by atoms with van der Waals surface area (Å²) in [6.45, 7) is 5.41. The molecule has 0 aliphatic carbocycles. The van der Waals surface area contributed by atoms with Crippen molar-refractivity contribution in [3.05, 3.63) is 65.6 Å². The van der Waals surface area contributed by atoms with E-state index in [2.05, 4.69) is 39.0 Å². The van der Waals surface area contributed by atoms with Crippen LogP contribution in [0, 0.1) is 0 Å². The predicted octanol–water partition coefficient (Wildman–Crippen LogP) is 2.73. The Labute approximate surface area is 199 Å². The molecule has 0 bridgehead atoms. The number of benzene rings is 1. The quantitative estimate of drug-likeness (QED) is 0.277. The monoisotopic (exact) mass is 533 g/mol. The van der Waals surface area contributed by atoms with Gasteiger partial charge in [0.15, 0.2) is 17.4 Å². The average Bonchev–Trinajstić information content (AvgIpc) is 3.36. The number of hydrogen-bond acceptors (Lipinski definition) is 4. The summed E-state index contributed by atoms with van der Waals surface area (Å²) in [6, 6.07) is 14.1. The maximum Gasteiger partial charge on any atom is 0.222 e. The standard InChI is InChI=1S/C22H27N7O.HI/c1-2-23-22(25-15-20-27-26-19-9-3-4-12-29(19)20)24-14-17-7-5-8-18(13-17)16-28-11-6-10-21(28)30;/h3-5,7-9,12-13H,2,6,10-11,14-16H2,1H3,(H2,23,24,25);1H. The second kappa shape index (κ2) is 11.1. The summed E-state index contributed by atoms with van der Waals surface area (Å²) in [5, 5.41) is 15.0. The summed E-state index contributed by atoms with van der Waals surface area (Å²) in [4.78, 5) is 18.5. The number of amides is 1. The molecule has 1 fully saturated rings. The highest BCUT2D eigenvalue weighted by atomic mass is 127. The second-order valence-electron chi connectivity index (χ2n) is 7.33. The second-order valence-corrected chi connectivity index (χ2v) is 7.33. The van der Waals surface area contributed by atoms with Gasteiger partial charge in [0.05, 0.1) is 13.1 Å². The Morgan fingerprint density at radius 2 is 2.00 bits per heavy atom. The topological polar surface area (TPSA) is 86.9 Å². The zero-order valence-corrected chi connectivity index (χ0v) is 20.0. The zero-order valence-electron chi connectivity index (χ0n) is 17.6. The van der Waals surface area contributed by atoms with Gasteiger partial charge in [0.2, 0.25) is 5.91 Å². The third kappa shape index (κ3) is 5.93. The number of hydrogen-bond donors (Lipinski definition) is 2. The van der Waals surface area contributed by atoms with Gasteiger partial charge >= 0.3 is 0 Å². The predicted molar refractivity (Wildman–Crippen MR) is 131 cm³/mol. The van der Waals surface area contributed by atoms with E-state index in [1.165, 1.54) is 0 Å². The molecule has 2 N–H and O–H groups in total. The third-order valence-corrected chi connectivity index (χ3v) is 5.10. The summed E-state index contributed by atoms with van der Waals surface area (Å²) in [6.07, 6.45) is 3.58. The van der Waals surface area contributed by atoms with E-state index in [4.69, 9.17) is 4.99 Å². The van der Waals surface area contributed by atoms with Crippen molar-refractivity contribution in [2.24, 2.45) is 4.99 Å². The summed E-state index contributed by atoms with van der Waals surface area (Å²) >= 11 is 0. The van der Waals surface area contributed by atoms with Crippen LogP contribution in [0.4, 0.5) is 0 Å². The number of carbonyl (C=O) groups is 1. The van der Waals surface area contributed by atoms with Gasteiger partial charge < -0.3 is 15.5 Å². The Bertz CT molecular complexity index is 1050. The van der Waals surface area contributed by atoms with E-state index in [1.54, 1.807) is 0 Å². The van der Waals surface area contributed by atoms with Crippen molar-refractivity contribution in [3.63, 3.8) is 0 Å². The lowest BCUT2D eigenvalue weighted by atomic mass is 10.1. The molecule has 3 aromatic rings. The van der Waals surface area contributed by atoms with Crippen LogP contribution >= 0.6 is 24.0 Å². The third-order valence-electron chi connectivity index (χ3n) is 5.10. The molecule has 164 valence electrons. The van der Waals surface area contributed by atoms with Crippen molar-refractivity contribution in [1.82, 2.24) is 30.1 Å². The van der Waals surface area contributed by atoms with E-state index in [0.29, 0.717) is 26.1 Å². The van der Waals surface area contributed by atoms with Gasteiger partial charge in [-0.25, -0.2) is 4.99 Å². The summed E-state index contributed by atoms with van der Waals surface area (Å²) in [7, 11) is 0. The highest BCUT2D eigenvalue weighted by Gasteiger charge is 2.19. The van der Waals surface area contributed by atoms with E-state index < -0.39 is 0 Å². The molecule has 4 rings (SSSR count). The van der Waals surface area contributed by atoms with E-state index in [-0.39, 0.29) is 29.9 Å². The van der Waals surface area contributed by atoms with Crippen molar-refractivity contribution in [1.29, 1.82) is 0 Å². The number of fused-ring (bicyclic) bond motifs is 1. The van der Waals surface area contributed by atoms with Crippen LogP contribution in [0.3, 0.4) is 0 Å². The number of carbonyl (C=O) groups excluding carboxylic acids is 1. The smallest absolute Gasteiger partial charge is 0.222 e. The number of nitrogens with zero attached hydrogens (tertiary/aromatic N) is 5. The normalized spacial score (nSPS) is 14.0. The molecule has 2 aromatic heterocycles. The number of halogens is 1.